The van der Waals surface area contributed by atoms with Gasteiger partial charge >= 0.3 is 0 Å². The van der Waals surface area contributed by atoms with E-state index in [-0.39, 0.29) is 5.41 Å². The number of fused-ring (bicyclic) bond motifs is 13. The Balaban J connectivity index is 1.22. The van der Waals surface area contributed by atoms with Gasteiger partial charge in [-0.2, -0.15) is 0 Å². The summed E-state index contributed by atoms with van der Waals surface area (Å²) in [6.45, 7) is 0. The monoisotopic (exact) mass is 583 g/mol. The third-order valence-corrected chi connectivity index (χ3v) is 10.2. The fourth-order valence-electron chi connectivity index (χ4n) is 8.39. The minimum atomic E-state index is -0.334. The number of anilines is 3. The van der Waals surface area contributed by atoms with Crippen LogP contribution in [0.25, 0.3) is 43.8 Å². The number of hydrogen-bond acceptors (Lipinski definition) is 1. The molecule has 1 heteroatoms. The first kappa shape index (κ1) is 25.4. The van der Waals surface area contributed by atoms with E-state index in [0.29, 0.717) is 0 Å². The summed E-state index contributed by atoms with van der Waals surface area (Å²) in [6, 6.07) is 64.9. The lowest BCUT2D eigenvalue weighted by Gasteiger charge is -2.31. The molecule has 10 rings (SSSR count). The van der Waals surface area contributed by atoms with E-state index in [1.165, 1.54) is 66.1 Å². The Morgan fingerprint density at radius 1 is 0.304 bits per heavy atom. The number of para-hydroxylation sites is 1. The van der Waals surface area contributed by atoms with Crippen molar-refractivity contribution in [2.45, 2.75) is 5.41 Å². The predicted octanol–water partition coefficient (Wildman–Crippen LogP) is 11.8. The smallest absolute Gasteiger partial charge is 0.0725 e. The van der Waals surface area contributed by atoms with Crippen LogP contribution in [0, 0.1) is 0 Å². The molecule has 0 heterocycles. The van der Waals surface area contributed by atoms with Crippen LogP contribution in [0.5, 0.6) is 0 Å². The highest BCUT2D eigenvalue weighted by Crippen LogP contribution is 2.63. The summed E-state index contributed by atoms with van der Waals surface area (Å²) < 4.78 is 0. The van der Waals surface area contributed by atoms with E-state index in [1.807, 2.05) is 0 Å². The van der Waals surface area contributed by atoms with Crippen LogP contribution in [-0.2, 0) is 5.41 Å². The number of benzene rings is 8. The Kier molecular flexibility index (Phi) is 5.27. The molecule has 0 radical (unpaired) electrons. The van der Waals surface area contributed by atoms with Crippen molar-refractivity contribution in [1.82, 2.24) is 0 Å². The van der Waals surface area contributed by atoms with Gasteiger partial charge in [0.05, 0.1) is 5.41 Å². The van der Waals surface area contributed by atoms with Crippen molar-refractivity contribution in [1.29, 1.82) is 0 Å². The van der Waals surface area contributed by atoms with Crippen molar-refractivity contribution in [2.24, 2.45) is 0 Å². The molecular formula is C45H29N. The van der Waals surface area contributed by atoms with Crippen LogP contribution in [0.15, 0.2) is 176 Å². The molecule has 0 saturated heterocycles. The summed E-state index contributed by atoms with van der Waals surface area (Å²) in [6.07, 6.45) is 0. The highest BCUT2D eigenvalue weighted by Gasteiger charge is 2.51. The van der Waals surface area contributed by atoms with Gasteiger partial charge in [-0.1, -0.05) is 140 Å². The summed E-state index contributed by atoms with van der Waals surface area (Å²) in [4.78, 5) is 2.40. The van der Waals surface area contributed by atoms with Crippen LogP contribution < -0.4 is 4.90 Å². The SMILES string of the molecule is c1ccc(N(c2ccc3c(c2)-c2ccccc2C32c3ccccc3-c3ccccc32)c2ccc3c(ccc4ccccc43)c2)cc1. The molecule has 0 bridgehead atoms. The summed E-state index contributed by atoms with van der Waals surface area (Å²) >= 11 is 0. The second kappa shape index (κ2) is 9.54. The average molecular weight is 584 g/mol. The fraction of sp³-hybridized carbons (Fsp3) is 0.0222. The zero-order valence-electron chi connectivity index (χ0n) is 25.2. The van der Waals surface area contributed by atoms with E-state index < -0.39 is 0 Å². The fourth-order valence-corrected chi connectivity index (χ4v) is 8.39. The first-order valence-corrected chi connectivity index (χ1v) is 16.0. The molecule has 0 saturated carbocycles. The molecule has 0 N–H and O–H groups in total. The molecule has 0 atom stereocenters. The minimum Gasteiger partial charge on any atom is -0.310 e. The van der Waals surface area contributed by atoms with Crippen molar-refractivity contribution in [3.8, 4) is 22.3 Å². The van der Waals surface area contributed by atoms with E-state index in [4.69, 9.17) is 0 Å². The molecular weight excluding hydrogens is 555 g/mol. The molecule has 0 fully saturated rings. The van der Waals surface area contributed by atoms with Gasteiger partial charge in [0, 0.05) is 17.1 Å². The number of nitrogens with zero attached hydrogens (tertiary/aromatic N) is 1. The van der Waals surface area contributed by atoms with Crippen LogP contribution in [0.4, 0.5) is 17.1 Å². The topological polar surface area (TPSA) is 3.24 Å². The average Bonchev–Trinajstić information content (AvgIpc) is 3.59. The Morgan fingerprint density at radius 3 is 1.52 bits per heavy atom. The lowest BCUT2D eigenvalue weighted by atomic mass is 9.70. The Morgan fingerprint density at radius 2 is 0.804 bits per heavy atom. The normalized spacial score (nSPS) is 13.4. The lowest BCUT2D eigenvalue weighted by Crippen LogP contribution is -2.25. The molecule has 1 nitrogen and oxygen atoms in total. The molecule has 2 aliphatic carbocycles. The molecule has 0 amide bonds. The molecule has 46 heavy (non-hydrogen) atoms. The lowest BCUT2D eigenvalue weighted by molar-refractivity contribution is 0.794. The zero-order chi connectivity index (χ0) is 30.2. The van der Waals surface area contributed by atoms with Gasteiger partial charge in [-0.05, 0) is 102 Å². The molecule has 2 aliphatic rings. The van der Waals surface area contributed by atoms with E-state index >= 15 is 0 Å². The molecule has 0 aromatic heterocycles. The maximum absolute atomic E-state index is 2.42. The van der Waals surface area contributed by atoms with E-state index in [1.54, 1.807) is 0 Å². The van der Waals surface area contributed by atoms with Gasteiger partial charge in [0.1, 0.15) is 0 Å². The molecule has 8 aromatic rings. The highest BCUT2D eigenvalue weighted by molar-refractivity contribution is 6.08. The predicted molar refractivity (Wildman–Crippen MR) is 192 cm³/mol. The van der Waals surface area contributed by atoms with Crippen LogP contribution in [0.2, 0.25) is 0 Å². The highest BCUT2D eigenvalue weighted by atomic mass is 15.1. The van der Waals surface area contributed by atoms with Gasteiger partial charge in [-0.25, -0.2) is 0 Å². The summed E-state index contributed by atoms with van der Waals surface area (Å²) in [5, 5.41) is 5.07. The van der Waals surface area contributed by atoms with Gasteiger partial charge in [-0.15, -0.1) is 0 Å². The Hall–Kier alpha value is -5.92. The second-order valence-electron chi connectivity index (χ2n) is 12.5. The van der Waals surface area contributed by atoms with Crippen molar-refractivity contribution < 1.29 is 0 Å². The molecule has 0 aliphatic heterocycles. The third-order valence-electron chi connectivity index (χ3n) is 10.2. The summed E-state index contributed by atoms with van der Waals surface area (Å²) in [5.74, 6) is 0. The van der Waals surface area contributed by atoms with Crippen molar-refractivity contribution in [3.05, 3.63) is 198 Å². The molecule has 8 aromatic carbocycles. The van der Waals surface area contributed by atoms with Gasteiger partial charge in [0.2, 0.25) is 0 Å². The first-order valence-electron chi connectivity index (χ1n) is 16.0. The summed E-state index contributed by atoms with van der Waals surface area (Å²) in [7, 11) is 0. The van der Waals surface area contributed by atoms with Crippen molar-refractivity contribution >= 4 is 38.6 Å². The van der Waals surface area contributed by atoms with Gasteiger partial charge in [0.15, 0.2) is 0 Å². The zero-order valence-corrected chi connectivity index (χ0v) is 25.2. The van der Waals surface area contributed by atoms with Crippen molar-refractivity contribution in [2.75, 3.05) is 4.90 Å². The first-order chi connectivity index (χ1) is 22.8. The third kappa shape index (κ3) is 3.35. The van der Waals surface area contributed by atoms with Crippen LogP contribution >= 0.6 is 0 Å². The van der Waals surface area contributed by atoms with Crippen molar-refractivity contribution in [3.63, 3.8) is 0 Å². The second-order valence-corrected chi connectivity index (χ2v) is 12.5. The van der Waals surface area contributed by atoms with Gasteiger partial charge in [-0.3, -0.25) is 0 Å². The van der Waals surface area contributed by atoms with Crippen LogP contribution in [0.3, 0.4) is 0 Å². The minimum absolute atomic E-state index is 0.334. The molecule has 214 valence electrons. The largest absolute Gasteiger partial charge is 0.310 e. The molecule has 0 unspecified atom stereocenters. The molecule has 1 spiro atoms. The van der Waals surface area contributed by atoms with Gasteiger partial charge in [0.25, 0.3) is 0 Å². The maximum atomic E-state index is 2.42. The van der Waals surface area contributed by atoms with E-state index in [9.17, 15) is 0 Å². The van der Waals surface area contributed by atoms with Gasteiger partial charge < -0.3 is 4.90 Å². The quantitative estimate of drug-likeness (QED) is 0.187. The van der Waals surface area contributed by atoms with Crippen LogP contribution in [-0.4, -0.2) is 0 Å². The number of rotatable bonds is 3. The Labute approximate surface area is 268 Å². The van der Waals surface area contributed by atoms with E-state index in [0.717, 1.165) is 17.1 Å². The van der Waals surface area contributed by atoms with Crippen LogP contribution in [0.1, 0.15) is 22.3 Å². The Bertz CT molecular complexity index is 2440. The standard InChI is InChI=1S/C45H29N/c1-2-13-32(14-3-1)46(33-24-26-36-31(28-33)23-22-30-12-4-5-15-35(30)36)34-25-27-44-40(29-34)39-18-8-11-21-43(39)45(44)41-19-9-6-16-37(41)38-17-7-10-20-42(38)45/h1-29H. The number of hydrogen-bond donors (Lipinski definition) is 0. The summed E-state index contributed by atoms with van der Waals surface area (Å²) in [5.41, 5.74) is 13.8. The maximum Gasteiger partial charge on any atom is 0.0725 e. The van der Waals surface area contributed by atoms with E-state index in [2.05, 4.69) is 181 Å².